The summed E-state index contributed by atoms with van der Waals surface area (Å²) in [6.45, 7) is 13.0. The molecule has 1 aromatic heterocycles. The van der Waals surface area contributed by atoms with E-state index in [4.69, 9.17) is 14.5 Å². The maximum Gasteiger partial charge on any atom is 0.416 e. The van der Waals surface area contributed by atoms with Gasteiger partial charge in [0.1, 0.15) is 24.6 Å². The molecule has 4 atom stereocenters. The molecule has 1 aliphatic heterocycles. The van der Waals surface area contributed by atoms with Crippen molar-refractivity contribution < 1.29 is 44.8 Å². The number of carbonyl (C=O) groups excluding carboxylic acids is 1. The van der Waals surface area contributed by atoms with Crippen LogP contribution < -0.4 is 10.0 Å². The number of hydrogen-bond acceptors (Lipinski definition) is 5. The van der Waals surface area contributed by atoms with Gasteiger partial charge in [0.05, 0.1) is 46.0 Å². The highest BCUT2D eigenvalue weighted by Gasteiger charge is 2.51. The predicted octanol–water partition coefficient (Wildman–Crippen LogP) is 7.21. The number of hydrogen-bond donors (Lipinski definition) is 2. The standard InChI is InChI=1S/C31H47F6N5O4SSi/c1-28(2,3)47(44)40-22(17-46-29(4,5)31(35,36)37)26-38-21-15-20(11-12-23(21)42(26)18-45-13-14-48(6,7)8)25(19-9-10-19)41-16-24(30(32,33)34)39-27(41)43/h11-12,15,19,22,24-25,40H,9-10,13-14,16-18H2,1-8H3,(H,39,43)/t22-,24-,25+,47+/m0/s1. The molecule has 1 aromatic carbocycles. The lowest BCUT2D eigenvalue weighted by atomic mass is 10.00. The molecule has 2 aliphatic rings. The molecule has 2 aromatic rings. The third-order valence-corrected chi connectivity index (χ3v) is 11.8. The summed E-state index contributed by atoms with van der Waals surface area (Å²) in [6, 6.07) is 1.56. The molecule has 0 bridgehead atoms. The van der Waals surface area contributed by atoms with Gasteiger partial charge < -0.3 is 24.3 Å². The van der Waals surface area contributed by atoms with Crippen LogP contribution in [0.25, 0.3) is 11.0 Å². The van der Waals surface area contributed by atoms with E-state index in [1.165, 1.54) is 4.90 Å². The first-order valence-corrected chi connectivity index (χ1v) is 20.8. The highest BCUT2D eigenvalue weighted by molar-refractivity contribution is 7.84. The van der Waals surface area contributed by atoms with Crippen molar-refractivity contribution in [2.45, 2.75) is 121 Å². The second-order valence-electron chi connectivity index (χ2n) is 15.3. The van der Waals surface area contributed by atoms with Gasteiger partial charge in [-0.3, -0.25) is 0 Å². The van der Waals surface area contributed by atoms with E-state index in [2.05, 4.69) is 24.4 Å². The predicted molar refractivity (Wildman–Crippen MR) is 174 cm³/mol. The first-order chi connectivity index (χ1) is 21.9. The topological polar surface area (TPSA) is 97.7 Å². The Bertz CT molecular complexity index is 1480. The van der Waals surface area contributed by atoms with Gasteiger partial charge in [0.15, 0.2) is 5.60 Å². The fourth-order valence-corrected chi connectivity index (χ4v) is 6.77. The van der Waals surface area contributed by atoms with Crippen LogP contribution in [0.15, 0.2) is 18.2 Å². The highest BCUT2D eigenvalue weighted by atomic mass is 32.2. The van der Waals surface area contributed by atoms with E-state index >= 15 is 0 Å². The number of aromatic nitrogens is 2. The minimum Gasteiger partial charge on any atom is -0.364 e. The summed E-state index contributed by atoms with van der Waals surface area (Å²) in [5.41, 5.74) is -0.969. The van der Waals surface area contributed by atoms with Crippen molar-refractivity contribution >= 4 is 36.1 Å². The molecule has 0 spiro atoms. The summed E-state index contributed by atoms with van der Waals surface area (Å²) in [6.07, 6.45) is -7.79. The van der Waals surface area contributed by atoms with Crippen molar-refractivity contribution in [2.24, 2.45) is 5.92 Å². The van der Waals surface area contributed by atoms with E-state index in [1.807, 2.05) is 5.32 Å². The van der Waals surface area contributed by atoms with E-state index in [-0.39, 0.29) is 18.5 Å². The molecular weight excluding hydrogens is 681 g/mol. The number of amides is 2. The Balaban J connectivity index is 1.77. The zero-order chi connectivity index (χ0) is 36.0. The number of rotatable bonds is 14. The van der Waals surface area contributed by atoms with Gasteiger partial charge in [0.25, 0.3) is 0 Å². The van der Waals surface area contributed by atoms with Gasteiger partial charge in [-0.25, -0.2) is 18.7 Å². The van der Waals surface area contributed by atoms with E-state index < -0.39 is 79.1 Å². The molecule has 1 saturated heterocycles. The largest absolute Gasteiger partial charge is 0.416 e. The van der Waals surface area contributed by atoms with Gasteiger partial charge in [0.2, 0.25) is 0 Å². The second-order valence-corrected chi connectivity index (χ2v) is 23.0. The molecule has 2 fully saturated rings. The molecule has 9 nitrogen and oxygen atoms in total. The van der Waals surface area contributed by atoms with Crippen molar-refractivity contribution in [1.29, 1.82) is 0 Å². The lowest BCUT2D eigenvalue weighted by Crippen LogP contribution is -2.45. The Morgan fingerprint density at radius 3 is 2.25 bits per heavy atom. The normalized spacial score (nSPS) is 20.3. The monoisotopic (exact) mass is 727 g/mol. The molecule has 2 heterocycles. The molecular formula is C31H47F6N5O4SSi. The average molecular weight is 728 g/mol. The Kier molecular flexibility index (Phi) is 11.1. The molecule has 2 amide bonds. The van der Waals surface area contributed by atoms with Crippen LogP contribution in [0, 0.1) is 5.92 Å². The van der Waals surface area contributed by atoms with Crippen LogP contribution in [0.2, 0.25) is 25.7 Å². The van der Waals surface area contributed by atoms with Crippen molar-refractivity contribution in [3.63, 3.8) is 0 Å². The zero-order valence-electron chi connectivity index (χ0n) is 28.6. The number of halogens is 6. The summed E-state index contributed by atoms with van der Waals surface area (Å²) >= 11 is 0. The maximum absolute atomic E-state index is 13.8. The molecule has 2 N–H and O–H groups in total. The smallest absolute Gasteiger partial charge is 0.364 e. The molecule has 1 aliphatic carbocycles. The average Bonchev–Trinajstić information content (AvgIpc) is 3.59. The fraction of sp³-hybridized carbons (Fsp3) is 0.742. The SMILES string of the molecule is CC(C)(C)[S@@](=O)N[C@@H](COC(C)(C)C(F)(F)F)c1nc2cc([C@@H](C3CC3)N3C[C@@H](C(F)(F)F)NC3=O)ccc2n1COCC[Si](C)(C)C. The number of fused-ring (bicyclic) bond motifs is 1. The summed E-state index contributed by atoms with van der Waals surface area (Å²) < 4.78 is 111. The maximum atomic E-state index is 13.8. The van der Waals surface area contributed by atoms with E-state index in [0.29, 0.717) is 23.2 Å². The van der Waals surface area contributed by atoms with E-state index in [9.17, 15) is 35.3 Å². The molecule has 0 unspecified atom stereocenters. The van der Waals surface area contributed by atoms with Crippen LogP contribution in [0.3, 0.4) is 0 Å². The number of ether oxygens (including phenoxy) is 2. The number of urea groups is 1. The summed E-state index contributed by atoms with van der Waals surface area (Å²) in [7, 11) is -3.20. The van der Waals surface area contributed by atoms with Crippen molar-refractivity contribution in [2.75, 3.05) is 19.8 Å². The molecule has 1 saturated carbocycles. The zero-order valence-corrected chi connectivity index (χ0v) is 30.5. The van der Waals surface area contributed by atoms with Gasteiger partial charge in [-0.1, -0.05) is 25.7 Å². The Hall–Kier alpha value is -2.21. The third-order valence-electron chi connectivity index (χ3n) is 8.51. The van der Waals surface area contributed by atoms with Crippen LogP contribution in [0.1, 0.15) is 70.9 Å². The first kappa shape index (κ1) is 38.6. The van der Waals surface area contributed by atoms with E-state index in [1.54, 1.807) is 43.5 Å². The molecule has 4 rings (SSSR count). The van der Waals surface area contributed by atoms with Crippen LogP contribution in [-0.2, 0) is 27.2 Å². The Morgan fingerprint density at radius 2 is 1.73 bits per heavy atom. The summed E-state index contributed by atoms with van der Waals surface area (Å²) in [4.78, 5) is 18.8. The van der Waals surface area contributed by atoms with Gasteiger partial charge in [-0.2, -0.15) is 26.3 Å². The van der Waals surface area contributed by atoms with Crippen LogP contribution in [0.4, 0.5) is 31.1 Å². The number of nitrogens with zero attached hydrogens (tertiary/aromatic N) is 3. The molecule has 48 heavy (non-hydrogen) atoms. The van der Waals surface area contributed by atoms with Gasteiger partial charge in [-0.05, 0) is 77.1 Å². The van der Waals surface area contributed by atoms with Crippen molar-refractivity contribution in [3.8, 4) is 0 Å². The number of carbonyl (C=O) groups is 1. The van der Waals surface area contributed by atoms with Gasteiger partial charge in [0, 0.05) is 14.7 Å². The van der Waals surface area contributed by atoms with Crippen LogP contribution >= 0.6 is 0 Å². The van der Waals surface area contributed by atoms with Crippen LogP contribution in [-0.4, -0.2) is 81.3 Å². The minimum absolute atomic E-state index is 0.00744. The third kappa shape index (κ3) is 9.31. The second kappa shape index (κ2) is 13.8. The quantitative estimate of drug-likeness (QED) is 0.122. The van der Waals surface area contributed by atoms with Crippen LogP contribution in [0.5, 0.6) is 0 Å². The Labute approximate surface area is 281 Å². The minimum atomic E-state index is -4.68. The first-order valence-electron chi connectivity index (χ1n) is 16.0. The number of benzene rings is 1. The molecule has 0 radical (unpaired) electrons. The summed E-state index contributed by atoms with van der Waals surface area (Å²) in [5, 5.41) is 2.05. The molecule has 272 valence electrons. The fourth-order valence-electron chi connectivity index (χ4n) is 5.23. The van der Waals surface area contributed by atoms with E-state index in [0.717, 1.165) is 32.7 Å². The number of imidazole rings is 1. The van der Waals surface area contributed by atoms with Crippen molar-refractivity contribution in [3.05, 3.63) is 29.6 Å². The molecule has 17 heteroatoms. The highest BCUT2D eigenvalue weighted by Crippen LogP contribution is 2.46. The Morgan fingerprint density at radius 1 is 1.08 bits per heavy atom. The van der Waals surface area contributed by atoms with Gasteiger partial charge in [-0.15, -0.1) is 0 Å². The lowest BCUT2D eigenvalue weighted by Gasteiger charge is -2.31. The summed E-state index contributed by atoms with van der Waals surface area (Å²) in [5.74, 6) is 0.193. The number of nitrogens with one attached hydrogen (secondary N) is 2. The van der Waals surface area contributed by atoms with Crippen molar-refractivity contribution in [1.82, 2.24) is 24.5 Å². The lowest BCUT2D eigenvalue weighted by molar-refractivity contribution is -0.265. The van der Waals surface area contributed by atoms with Gasteiger partial charge >= 0.3 is 18.4 Å². The number of alkyl halides is 6.